The van der Waals surface area contributed by atoms with Gasteiger partial charge < -0.3 is 5.32 Å². The van der Waals surface area contributed by atoms with E-state index in [0.29, 0.717) is 22.6 Å². The first-order valence-electron chi connectivity index (χ1n) is 12.5. The molecule has 0 amide bonds. The van der Waals surface area contributed by atoms with Gasteiger partial charge in [0.25, 0.3) is 0 Å². The van der Waals surface area contributed by atoms with E-state index in [4.69, 9.17) is 5.32 Å². The van der Waals surface area contributed by atoms with Gasteiger partial charge in [0.15, 0.2) is 0 Å². The summed E-state index contributed by atoms with van der Waals surface area (Å²) in [7, 11) is 4.05. The zero-order valence-electron chi connectivity index (χ0n) is 23.2. The molecule has 3 rings (SSSR count). The monoisotopic (exact) mass is 698 g/mol. The molecule has 0 aliphatic carbocycles. The van der Waals surface area contributed by atoms with Crippen LogP contribution in [0, 0.1) is 13.8 Å². The summed E-state index contributed by atoms with van der Waals surface area (Å²) in [6.07, 6.45) is 0. The molecule has 2 aromatic carbocycles. The Kier molecular flexibility index (Phi) is 10.8. The van der Waals surface area contributed by atoms with Crippen LogP contribution in [0.2, 0.25) is 0 Å². The van der Waals surface area contributed by atoms with Crippen molar-refractivity contribution in [1.29, 1.82) is 0 Å². The summed E-state index contributed by atoms with van der Waals surface area (Å²) in [6.45, 7) is 28.6. The van der Waals surface area contributed by atoms with Crippen molar-refractivity contribution in [3.8, 4) is 0 Å². The van der Waals surface area contributed by atoms with Gasteiger partial charge in [0.1, 0.15) is 0 Å². The fourth-order valence-electron chi connectivity index (χ4n) is 5.66. The predicted octanol–water partition coefficient (Wildman–Crippen LogP) is 9.81. The van der Waals surface area contributed by atoms with Crippen LogP contribution in [0.5, 0.6) is 0 Å². The Bertz CT molecular complexity index is 905. The van der Waals surface area contributed by atoms with E-state index in [0.717, 1.165) is 0 Å². The Hall–Kier alpha value is 0.0783. The van der Waals surface area contributed by atoms with E-state index in [1.165, 1.54) is 44.2 Å². The minimum absolute atomic E-state index is 0.0438. The summed E-state index contributed by atoms with van der Waals surface area (Å²) in [6, 6.07) is 9.73. The summed E-state index contributed by atoms with van der Waals surface area (Å²) in [4.78, 5) is 0. The van der Waals surface area contributed by atoms with Gasteiger partial charge in [-0.1, -0.05) is 132 Å². The van der Waals surface area contributed by atoms with E-state index in [1.54, 1.807) is 18.8 Å². The number of hydrogen-bond donors (Lipinski definition) is 0. The first kappa shape index (κ1) is 30.3. The van der Waals surface area contributed by atoms with E-state index >= 15 is 0 Å². The number of nitrogens with zero attached hydrogens (tertiary/aromatic N) is 1. The van der Waals surface area contributed by atoms with Gasteiger partial charge in [-0.25, -0.2) is 0 Å². The Labute approximate surface area is 227 Å². The third-order valence-corrected chi connectivity index (χ3v) is 13.1. The van der Waals surface area contributed by atoms with Gasteiger partial charge in [-0.05, 0) is 47.1 Å². The van der Waals surface area contributed by atoms with Crippen LogP contribution >= 0.6 is 25.3 Å². The average molecular weight is 699 g/mol. The van der Waals surface area contributed by atoms with Crippen molar-refractivity contribution in [3.63, 3.8) is 0 Å². The fraction of sp³-hybridized carbons (Fsp3) is 0.586. The van der Waals surface area contributed by atoms with Gasteiger partial charge in [0.05, 0.1) is 0 Å². The van der Waals surface area contributed by atoms with E-state index in [-0.39, 0.29) is 21.3 Å². The average Bonchev–Trinajstić information content (AvgIpc) is 2.70. The third-order valence-electron chi connectivity index (χ3n) is 6.82. The number of benzene rings is 2. The zero-order valence-corrected chi connectivity index (χ0v) is 28.0. The van der Waals surface area contributed by atoms with Crippen LogP contribution in [-0.4, -0.2) is 22.6 Å². The number of hydrogen-bond acceptors (Lipinski definition) is 0. The van der Waals surface area contributed by atoms with Crippen molar-refractivity contribution >= 4 is 47.2 Å². The molecule has 34 heavy (non-hydrogen) atoms. The first-order valence-corrected chi connectivity index (χ1v) is 18.3. The van der Waals surface area contributed by atoms with E-state index < -0.39 is 0 Å². The van der Waals surface area contributed by atoms with Crippen LogP contribution in [0.25, 0.3) is 5.32 Å². The summed E-state index contributed by atoms with van der Waals surface area (Å²) in [5.41, 5.74) is 10.7. The molecule has 1 heterocycles. The van der Waals surface area contributed by atoms with Crippen molar-refractivity contribution in [1.82, 2.24) is 0 Å². The standard InChI is InChI=1S/C29H44NP2.ClH.Pt/c1-17(2)31(18(3)4)25-15-21(9)13-23-27(25)30-28-24(29(23,11)12)14-22(10)16-26(28)32(19(5)6)20(7)8;;/h13-20H,1-12H3;1H;/q-1;;+2/p-1. The molecule has 5 heteroatoms. The van der Waals surface area contributed by atoms with Crippen molar-refractivity contribution in [3.05, 3.63) is 51.8 Å². The van der Waals surface area contributed by atoms with Crippen LogP contribution in [0.15, 0.2) is 24.3 Å². The van der Waals surface area contributed by atoms with Gasteiger partial charge in [-0.15, -0.1) is 11.4 Å². The van der Waals surface area contributed by atoms with Gasteiger partial charge in [0, 0.05) is 5.41 Å². The normalized spacial score (nSPS) is 14.5. The van der Waals surface area contributed by atoms with E-state index in [1.807, 2.05) is 0 Å². The number of rotatable bonds is 6. The molecule has 0 aromatic heterocycles. The van der Waals surface area contributed by atoms with Gasteiger partial charge in [-0.3, -0.25) is 0 Å². The topological polar surface area (TPSA) is 14.1 Å². The molecule has 0 saturated carbocycles. The molecule has 0 N–H and O–H groups in total. The number of aryl methyl sites for hydroxylation is 2. The van der Waals surface area contributed by atoms with Crippen LogP contribution in [0.4, 0.5) is 11.4 Å². The summed E-state index contributed by atoms with van der Waals surface area (Å²) < 4.78 is 0. The molecule has 192 valence electrons. The molecule has 0 bridgehead atoms. The SMILES string of the molecule is Cc1cc(P(C(C)C)C(C)C)c2c(c1)C(C)(C)c1cc(C)cc(P(C(C)C)C(C)C)c1[N-]2.[Cl][Pt+]. The molecule has 0 atom stereocenters. The maximum atomic E-state index is 5.59. The third kappa shape index (κ3) is 5.96. The molecule has 1 nitrogen and oxygen atoms in total. The Morgan fingerprint density at radius 3 is 1.21 bits per heavy atom. The Morgan fingerprint density at radius 1 is 0.647 bits per heavy atom. The van der Waals surface area contributed by atoms with Crippen molar-refractivity contribution < 1.29 is 18.8 Å². The maximum absolute atomic E-state index is 5.59. The van der Waals surface area contributed by atoms with E-state index in [9.17, 15) is 0 Å². The molecule has 0 saturated heterocycles. The van der Waals surface area contributed by atoms with Gasteiger partial charge in [0.2, 0.25) is 0 Å². The summed E-state index contributed by atoms with van der Waals surface area (Å²) in [5.74, 6) is 0. The van der Waals surface area contributed by atoms with E-state index in [2.05, 4.69) is 117 Å². The Balaban J connectivity index is 0.00000199. The molecule has 0 spiro atoms. The fourth-order valence-corrected chi connectivity index (χ4v) is 11.8. The minimum atomic E-state index is -0.280. The second kappa shape index (κ2) is 12.1. The van der Waals surface area contributed by atoms with Crippen molar-refractivity contribution in [2.45, 2.75) is 111 Å². The molecule has 0 radical (unpaired) electrons. The second-order valence-electron chi connectivity index (χ2n) is 11.3. The predicted molar refractivity (Wildman–Crippen MR) is 157 cm³/mol. The first-order chi connectivity index (χ1) is 15.8. The molecule has 0 unspecified atom stereocenters. The number of halogens is 1. The van der Waals surface area contributed by atoms with Crippen LogP contribution in [0.1, 0.15) is 91.5 Å². The molecular formula is C29H44ClNP2Pt. The van der Waals surface area contributed by atoms with Crippen molar-refractivity contribution in [2.75, 3.05) is 0 Å². The zero-order chi connectivity index (χ0) is 26.1. The Morgan fingerprint density at radius 2 is 0.941 bits per heavy atom. The molecule has 1 aliphatic rings. The summed E-state index contributed by atoms with van der Waals surface area (Å²) >= 11 is 1.61. The van der Waals surface area contributed by atoms with Crippen LogP contribution < -0.4 is 10.6 Å². The molecule has 1 aliphatic heterocycles. The van der Waals surface area contributed by atoms with Gasteiger partial charge >= 0.3 is 28.2 Å². The van der Waals surface area contributed by atoms with Gasteiger partial charge in [-0.2, -0.15) is 0 Å². The number of fused-ring (bicyclic) bond motifs is 2. The quantitative estimate of drug-likeness (QED) is 0.267. The van der Waals surface area contributed by atoms with Crippen molar-refractivity contribution in [2.24, 2.45) is 0 Å². The molecular weight excluding hydrogens is 655 g/mol. The van der Waals surface area contributed by atoms with Crippen LogP contribution in [-0.2, 0) is 24.2 Å². The van der Waals surface area contributed by atoms with Crippen LogP contribution in [0.3, 0.4) is 0 Å². The molecule has 0 fully saturated rings. The second-order valence-corrected chi connectivity index (χ2v) is 18.0. The molecule has 2 aromatic rings. The summed E-state index contributed by atoms with van der Waals surface area (Å²) in [5, 5.41) is 8.63.